The van der Waals surface area contributed by atoms with Crippen LogP contribution in [0.2, 0.25) is 5.02 Å². The molecule has 0 saturated carbocycles. The minimum atomic E-state index is -0.498. The summed E-state index contributed by atoms with van der Waals surface area (Å²) in [6, 6.07) is 8.00. The van der Waals surface area contributed by atoms with Gasteiger partial charge in [-0.2, -0.15) is 0 Å². The molecular formula is C12H6ClN3O3S2. The van der Waals surface area contributed by atoms with E-state index in [2.05, 4.69) is 10.2 Å². The summed E-state index contributed by atoms with van der Waals surface area (Å²) in [4.78, 5) is 11.7. The Morgan fingerprint density at radius 2 is 2.19 bits per heavy atom. The molecule has 0 aliphatic heterocycles. The maximum absolute atomic E-state index is 10.7. The first-order valence-corrected chi connectivity index (χ1v) is 7.70. The molecule has 3 rings (SSSR count). The van der Waals surface area contributed by atoms with Crippen LogP contribution in [0.1, 0.15) is 0 Å². The topological polar surface area (TPSA) is 82.1 Å². The highest BCUT2D eigenvalue weighted by Gasteiger charge is 2.14. The Balaban J connectivity index is 1.82. The number of thiophene rings is 1. The highest BCUT2D eigenvalue weighted by Crippen LogP contribution is 2.36. The highest BCUT2D eigenvalue weighted by atomic mass is 35.5. The van der Waals surface area contributed by atoms with Crippen molar-refractivity contribution in [3.05, 3.63) is 50.8 Å². The highest BCUT2D eigenvalue weighted by molar-refractivity contribution is 7.99. The zero-order valence-corrected chi connectivity index (χ0v) is 12.6. The second-order valence-corrected chi connectivity index (χ2v) is 6.17. The van der Waals surface area contributed by atoms with Gasteiger partial charge < -0.3 is 4.42 Å². The van der Waals surface area contributed by atoms with Crippen molar-refractivity contribution in [2.24, 2.45) is 0 Å². The molecule has 21 heavy (non-hydrogen) atoms. The Morgan fingerprint density at radius 3 is 2.86 bits per heavy atom. The molecule has 0 unspecified atom stereocenters. The summed E-state index contributed by atoms with van der Waals surface area (Å²) in [6.07, 6.45) is 0. The van der Waals surface area contributed by atoms with Crippen LogP contribution < -0.4 is 0 Å². The van der Waals surface area contributed by atoms with Gasteiger partial charge in [0.1, 0.15) is 0 Å². The molecule has 9 heteroatoms. The fraction of sp³-hybridized carbons (Fsp3) is 0. The minimum Gasteiger partial charge on any atom is -0.410 e. The van der Waals surface area contributed by atoms with Gasteiger partial charge in [0.15, 0.2) is 0 Å². The Labute approximate surface area is 131 Å². The molecular weight excluding hydrogens is 334 g/mol. The molecule has 0 N–H and O–H groups in total. The lowest BCUT2D eigenvalue weighted by Gasteiger charge is -1.99. The summed E-state index contributed by atoms with van der Waals surface area (Å²) in [5.41, 5.74) is -0.0610. The van der Waals surface area contributed by atoms with Crippen molar-refractivity contribution in [3.8, 4) is 10.8 Å². The van der Waals surface area contributed by atoms with E-state index in [0.717, 1.165) is 16.6 Å². The quantitative estimate of drug-likeness (QED) is 0.513. The molecule has 2 heterocycles. The first-order chi connectivity index (χ1) is 10.1. The van der Waals surface area contributed by atoms with Gasteiger partial charge in [-0.05, 0) is 29.3 Å². The van der Waals surface area contributed by atoms with Crippen LogP contribution in [0, 0.1) is 10.1 Å². The zero-order valence-electron chi connectivity index (χ0n) is 10.2. The third-order valence-electron chi connectivity index (χ3n) is 2.46. The lowest BCUT2D eigenvalue weighted by Crippen LogP contribution is -1.87. The van der Waals surface area contributed by atoms with E-state index in [-0.39, 0.29) is 10.7 Å². The lowest BCUT2D eigenvalue weighted by molar-refractivity contribution is -0.384. The van der Waals surface area contributed by atoms with Gasteiger partial charge in [-0.1, -0.05) is 17.7 Å². The van der Waals surface area contributed by atoms with Crippen LogP contribution >= 0.6 is 34.7 Å². The fourth-order valence-electron chi connectivity index (χ4n) is 1.53. The average molecular weight is 340 g/mol. The van der Waals surface area contributed by atoms with Crippen LogP contribution in [0.15, 0.2) is 50.2 Å². The summed E-state index contributed by atoms with van der Waals surface area (Å²) < 4.78 is 5.52. The summed E-state index contributed by atoms with van der Waals surface area (Å²) in [7, 11) is 0. The Kier molecular flexibility index (Phi) is 3.91. The van der Waals surface area contributed by atoms with Gasteiger partial charge in [-0.15, -0.1) is 21.5 Å². The number of nitro benzene ring substituents is 1. The maximum atomic E-state index is 10.7. The predicted molar refractivity (Wildman–Crippen MR) is 79.8 cm³/mol. The number of rotatable bonds is 4. The summed E-state index contributed by atoms with van der Waals surface area (Å²) in [5, 5.41) is 21.0. The monoisotopic (exact) mass is 339 g/mol. The largest absolute Gasteiger partial charge is 0.410 e. The van der Waals surface area contributed by atoms with E-state index in [4.69, 9.17) is 16.0 Å². The SMILES string of the molecule is O=[N+]([O-])c1ccc(Sc2nnc(-c3cccs3)o2)c(Cl)c1. The van der Waals surface area contributed by atoms with Crippen LogP contribution in [-0.2, 0) is 0 Å². The lowest BCUT2D eigenvalue weighted by atomic mass is 10.3. The molecule has 2 aromatic heterocycles. The molecule has 0 atom stereocenters. The summed E-state index contributed by atoms with van der Waals surface area (Å²) in [5.74, 6) is 0.436. The van der Waals surface area contributed by atoms with Crippen LogP contribution in [0.4, 0.5) is 5.69 Å². The number of benzene rings is 1. The first kappa shape index (κ1) is 14.1. The summed E-state index contributed by atoms with van der Waals surface area (Å²) >= 11 is 8.68. The van der Waals surface area contributed by atoms with Crippen LogP contribution in [0.25, 0.3) is 10.8 Å². The molecule has 0 saturated heterocycles. The van der Waals surface area contributed by atoms with Crippen molar-refractivity contribution in [1.29, 1.82) is 0 Å². The van der Waals surface area contributed by atoms with Gasteiger partial charge in [-0.25, -0.2) is 0 Å². The van der Waals surface area contributed by atoms with Gasteiger partial charge in [0.05, 0.1) is 14.8 Å². The minimum absolute atomic E-state index is 0.0610. The van der Waals surface area contributed by atoms with Crippen LogP contribution in [0.5, 0.6) is 0 Å². The van der Waals surface area contributed by atoms with Crippen LogP contribution in [0.3, 0.4) is 0 Å². The number of hydrogen-bond acceptors (Lipinski definition) is 7. The van der Waals surface area contributed by atoms with E-state index in [1.54, 1.807) is 6.07 Å². The normalized spacial score (nSPS) is 10.7. The standard InChI is InChI=1S/C12H6ClN3O3S2/c13-8-6-7(16(17)18)3-4-9(8)21-12-15-14-11(19-12)10-2-1-5-20-10/h1-6H. The van der Waals surface area contributed by atoms with E-state index >= 15 is 0 Å². The molecule has 6 nitrogen and oxygen atoms in total. The Bertz CT molecular complexity index is 789. The molecule has 0 fully saturated rings. The Morgan fingerprint density at radius 1 is 1.33 bits per heavy atom. The number of aromatic nitrogens is 2. The third kappa shape index (κ3) is 3.07. The van der Waals surface area contributed by atoms with Crippen molar-refractivity contribution < 1.29 is 9.34 Å². The number of non-ortho nitro benzene ring substituents is 1. The number of nitrogens with zero attached hydrogens (tertiary/aromatic N) is 3. The van der Waals surface area contributed by atoms with Crippen molar-refractivity contribution in [2.75, 3.05) is 0 Å². The number of halogens is 1. The molecule has 0 aliphatic rings. The molecule has 0 amide bonds. The van der Waals surface area contributed by atoms with Crippen molar-refractivity contribution in [2.45, 2.75) is 10.1 Å². The smallest absolute Gasteiger partial charge is 0.281 e. The molecule has 0 aliphatic carbocycles. The second kappa shape index (κ2) is 5.84. The predicted octanol–water partition coefficient (Wildman–Crippen LogP) is 4.51. The third-order valence-corrected chi connectivity index (χ3v) is 4.66. The Hall–Kier alpha value is -1.90. The number of nitro groups is 1. The molecule has 1 aromatic carbocycles. The fourth-order valence-corrected chi connectivity index (χ4v) is 3.15. The number of hydrogen-bond donors (Lipinski definition) is 0. The summed E-state index contributed by atoms with van der Waals surface area (Å²) in [6.45, 7) is 0. The van der Waals surface area contributed by atoms with E-state index in [9.17, 15) is 10.1 Å². The van der Waals surface area contributed by atoms with E-state index in [1.165, 1.54) is 23.5 Å². The van der Waals surface area contributed by atoms with Crippen molar-refractivity contribution in [1.82, 2.24) is 10.2 Å². The molecule has 0 spiro atoms. The van der Waals surface area contributed by atoms with Gasteiger partial charge in [0.2, 0.25) is 0 Å². The van der Waals surface area contributed by atoms with E-state index in [0.29, 0.717) is 16.0 Å². The maximum Gasteiger partial charge on any atom is 0.281 e. The van der Waals surface area contributed by atoms with E-state index in [1.807, 2.05) is 17.5 Å². The molecule has 106 valence electrons. The van der Waals surface area contributed by atoms with E-state index < -0.39 is 4.92 Å². The average Bonchev–Trinajstić information content (AvgIpc) is 3.11. The van der Waals surface area contributed by atoms with Crippen LogP contribution in [-0.4, -0.2) is 15.1 Å². The molecule has 0 radical (unpaired) electrons. The van der Waals surface area contributed by atoms with Gasteiger partial charge in [-0.3, -0.25) is 10.1 Å². The molecule has 0 bridgehead atoms. The zero-order chi connectivity index (χ0) is 14.8. The van der Waals surface area contributed by atoms with Gasteiger partial charge >= 0.3 is 0 Å². The first-order valence-electron chi connectivity index (χ1n) is 5.62. The van der Waals surface area contributed by atoms with Crippen molar-refractivity contribution in [3.63, 3.8) is 0 Å². The van der Waals surface area contributed by atoms with Gasteiger partial charge in [0.25, 0.3) is 16.8 Å². The molecule has 3 aromatic rings. The van der Waals surface area contributed by atoms with Gasteiger partial charge in [0, 0.05) is 17.0 Å². The second-order valence-electron chi connectivity index (χ2n) is 3.82. The van der Waals surface area contributed by atoms with Crippen molar-refractivity contribution >= 4 is 40.4 Å².